The van der Waals surface area contributed by atoms with Crippen molar-refractivity contribution >= 4 is 0 Å². The van der Waals surface area contributed by atoms with Crippen LogP contribution in [-0.2, 0) is 14.2 Å². The lowest BCUT2D eigenvalue weighted by Gasteiger charge is -1.99. The second kappa shape index (κ2) is 28.2. The zero-order chi connectivity index (χ0) is 18.8. The summed E-state index contributed by atoms with van der Waals surface area (Å²) in [6.45, 7) is 5.06. The molecule has 0 heterocycles. The van der Waals surface area contributed by atoms with E-state index in [2.05, 4.69) is 52.4 Å². The van der Waals surface area contributed by atoms with Gasteiger partial charge in [-0.1, -0.05) is 76.7 Å². The van der Waals surface area contributed by atoms with Crippen molar-refractivity contribution in [2.45, 2.75) is 90.9 Å². The molecule has 0 atom stereocenters. The van der Waals surface area contributed by atoms with Crippen LogP contribution in [0.3, 0.4) is 0 Å². The SMILES string of the molecule is CC/C=C/CCCCCCCC/C=C\CCCC.COCOCOC. The van der Waals surface area contributed by atoms with Gasteiger partial charge >= 0.3 is 0 Å². The Morgan fingerprint density at radius 1 is 0.560 bits per heavy atom. The predicted octanol–water partition coefficient (Wildman–Crippen LogP) is 7.03. The zero-order valence-electron chi connectivity index (χ0n) is 17.4. The fourth-order valence-corrected chi connectivity index (χ4v) is 2.27. The van der Waals surface area contributed by atoms with Crippen molar-refractivity contribution in [2.75, 3.05) is 27.8 Å². The maximum Gasteiger partial charge on any atom is 0.149 e. The van der Waals surface area contributed by atoms with Gasteiger partial charge in [-0.25, -0.2) is 0 Å². The van der Waals surface area contributed by atoms with Crippen LogP contribution in [0.25, 0.3) is 0 Å². The van der Waals surface area contributed by atoms with Gasteiger partial charge in [-0.3, -0.25) is 0 Å². The number of hydrogen-bond donors (Lipinski definition) is 0. The summed E-state index contributed by atoms with van der Waals surface area (Å²) in [5.74, 6) is 0. The van der Waals surface area contributed by atoms with Gasteiger partial charge in [0.2, 0.25) is 0 Å². The summed E-state index contributed by atoms with van der Waals surface area (Å²) in [4.78, 5) is 0. The maximum atomic E-state index is 4.69. The fourth-order valence-electron chi connectivity index (χ4n) is 2.27. The predicted molar refractivity (Wildman–Crippen MR) is 110 cm³/mol. The van der Waals surface area contributed by atoms with Crippen LogP contribution in [0.15, 0.2) is 24.3 Å². The lowest BCUT2D eigenvalue weighted by atomic mass is 10.1. The van der Waals surface area contributed by atoms with Gasteiger partial charge in [-0.05, 0) is 38.5 Å². The molecule has 0 spiro atoms. The molecule has 0 amide bonds. The minimum absolute atomic E-state index is 0.299. The van der Waals surface area contributed by atoms with Crippen LogP contribution in [0.4, 0.5) is 0 Å². The maximum absolute atomic E-state index is 4.69. The van der Waals surface area contributed by atoms with Gasteiger partial charge in [0.15, 0.2) is 0 Å². The first kappa shape index (κ1) is 26.6. The van der Waals surface area contributed by atoms with Gasteiger partial charge in [0.25, 0.3) is 0 Å². The molecule has 150 valence electrons. The molecule has 3 nitrogen and oxygen atoms in total. The van der Waals surface area contributed by atoms with Crippen LogP contribution in [-0.4, -0.2) is 27.8 Å². The normalized spacial score (nSPS) is 11.2. The highest BCUT2D eigenvalue weighted by Gasteiger charge is 1.90. The molecule has 3 heteroatoms. The number of allylic oxidation sites excluding steroid dienone is 4. The molecular weight excluding hydrogens is 312 g/mol. The van der Waals surface area contributed by atoms with Crippen LogP contribution in [0.1, 0.15) is 90.9 Å². The van der Waals surface area contributed by atoms with E-state index in [1.165, 1.54) is 77.0 Å². The summed E-state index contributed by atoms with van der Waals surface area (Å²) in [5.41, 5.74) is 0. The smallest absolute Gasteiger partial charge is 0.149 e. The largest absolute Gasteiger partial charge is 0.359 e. The molecule has 0 aliphatic carbocycles. The summed E-state index contributed by atoms with van der Waals surface area (Å²) in [5, 5.41) is 0. The minimum atomic E-state index is 0.299. The van der Waals surface area contributed by atoms with E-state index in [0.717, 1.165) is 0 Å². The Balaban J connectivity index is 0. The number of rotatable bonds is 17. The Morgan fingerprint density at radius 3 is 1.44 bits per heavy atom. The van der Waals surface area contributed by atoms with E-state index >= 15 is 0 Å². The monoisotopic (exact) mass is 356 g/mol. The highest BCUT2D eigenvalue weighted by Crippen LogP contribution is 2.09. The standard InChI is InChI=1S/C18H34.C4H10O3/c1-3-5-7-9-11-13-15-17-18-16-14-12-10-8-6-4-2;1-5-3-7-4-6-2/h5,7,10,12H,3-4,6,8-9,11,13-18H2,1-2H3;3-4H2,1-2H3/b7-5+,12-10-;. The first-order chi connectivity index (χ1) is 12.3. The summed E-state index contributed by atoms with van der Waals surface area (Å²) < 4.78 is 13.8. The Labute approximate surface area is 157 Å². The molecule has 0 N–H and O–H groups in total. The number of ether oxygens (including phenoxy) is 3. The van der Waals surface area contributed by atoms with Crippen molar-refractivity contribution < 1.29 is 14.2 Å². The Bertz CT molecular complexity index is 258. The Kier molecular flexibility index (Phi) is 30.0. The summed E-state index contributed by atoms with van der Waals surface area (Å²) in [6.07, 6.45) is 25.5. The Morgan fingerprint density at radius 2 is 1.00 bits per heavy atom. The molecule has 0 bridgehead atoms. The Hall–Kier alpha value is -0.640. The highest BCUT2D eigenvalue weighted by atomic mass is 16.7. The molecule has 0 fully saturated rings. The van der Waals surface area contributed by atoms with E-state index < -0.39 is 0 Å². The average Bonchev–Trinajstić information content (AvgIpc) is 2.63. The van der Waals surface area contributed by atoms with E-state index in [1.807, 2.05) is 0 Å². The molecule has 0 radical (unpaired) electrons. The minimum Gasteiger partial charge on any atom is -0.359 e. The summed E-state index contributed by atoms with van der Waals surface area (Å²) >= 11 is 0. The van der Waals surface area contributed by atoms with Crippen molar-refractivity contribution in [1.29, 1.82) is 0 Å². The van der Waals surface area contributed by atoms with E-state index in [9.17, 15) is 0 Å². The second-order valence-electron chi connectivity index (χ2n) is 6.21. The van der Waals surface area contributed by atoms with Gasteiger partial charge in [0.05, 0.1) is 0 Å². The van der Waals surface area contributed by atoms with Crippen LogP contribution in [0.2, 0.25) is 0 Å². The highest BCUT2D eigenvalue weighted by molar-refractivity contribution is 4.81. The van der Waals surface area contributed by atoms with E-state index in [-0.39, 0.29) is 0 Å². The first-order valence-electron chi connectivity index (χ1n) is 10.2. The molecule has 0 aliphatic heterocycles. The molecule has 25 heavy (non-hydrogen) atoms. The molecule has 0 aromatic carbocycles. The molecule has 0 aliphatic rings. The van der Waals surface area contributed by atoms with Crippen molar-refractivity contribution in [3.05, 3.63) is 24.3 Å². The van der Waals surface area contributed by atoms with Gasteiger partial charge in [0, 0.05) is 14.2 Å². The van der Waals surface area contributed by atoms with Crippen LogP contribution in [0, 0.1) is 0 Å². The van der Waals surface area contributed by atoms with Gasteiger partial charge in [-0.2, -0.15) is 0 Å². The van der Waals surface area contributed by atoms with Crippen LogP contribution >= 0.6 is 0 Å². The van der Waals surface area contributed by atoms with Crippen molar-refractivity contribution in [2.24, 2.45) is 0 Å². The summed E-state index contributed by atoms with van der Waals surface area (Å²) in [7, 11) is 3.13. The van der Waals surface area contributed by atoms with Crippen molar-refractivity contribution in [1.82, 2.24) is 0 Å². The second-order valence-corrected chi connectivity index (χ2v) is 6.21. The van der Waals surface area contributed by atoms with E-state index in [0.29, 0.717) is 13.6 Å². The molecule has 0 aromatic heterocycles. The fraction of sp³-hybridized carbons (Fsp3) is 0.818. The van der Waals surface area contributed by atoms with Crippen LogP contribution in [0.5, 0.6) is 0 Å². The van der Waals surface area contributed by atoms with Crippen LogP contribution < -0.4 is 0 Å². The van der Waals surface area contributed by atoms with Gasteiger partial charge in [-0.15, -0.1) is 0 Å². The molecule has 0 unspecified atom stereocenters. The lowest BCUT2D eigenvalue weighted by Crippen LogP contribution is -1.98. The number of hydrogen-bond acceptors (Lipinski definition) is 3. The first-order valence-corrected chi connectivity index (χ1v) is 10.2. The summed E-state index contributed by atoms with van der Waals surface area (Å²) in [6, 6.07) is 0. The molecule has 0 saturated carbocycles. The lowest BCUT2D eigenvalue weighted by molar-refractivity contribution is -0.107. The topological polar surface area (TPSA) is 27.7 Å². The van der Waals surface area contributed by atoms with E-state index in [1.54, 1.807) is 14.2 Å². The van der Waals surface area contributed by atoms with E-state index in [4.69, 9.17) is 0 Å². The average molecular weight is 357 g/mol. The quantitative estimate of drug-likeness (QED) is 0.159. The number of unbranched alkanes of at least 4 members (excludes halogenated alkanes) is 9. The third-order valence-corrected chi connectivity index (χ3v) is 3.69. The third kappa shape index (κ3) is 31.6. The molecule has 0 saturated heterocycles. The third-order valence-electron chi connectivity index (χ3n) is 3.69. The molecular formula is C22H44O3. The number of methoxy groups -OCH3 is 2. The van der Waals surface area contributed by atoms with Gasteiger partial charge < -0.3 is 14.2 Å². The van der Waals surface area contributed by atoms with Crippen molar-refractivity contribution in [3.63, 3.8) is 0 Å². The molecule has 0 rings (SSSR count). The van der Waals surface area contributed by atoms with Crippen molar-refractivity contribution in [3.8, 4) is 0 Å². The molecule has 0 aromatic rings. The van der Waals surface area contributed by atoms with Gasteiger partial charge in [0.1, 0.15) is 13.6 Å². The zero-order valence-corrected chi connectivity index (χ0v) is 17.4.